The molecule has 0 bridgehead atoms. The maximum atomic E-state index is 13.1. The summed E-state index contributed by atoms with van der Waals surface area (Å²) < 4.78 is 45.0. The van der Waals surface area contributed by atoms with Crippen LogP contribution in [0.5, 0.6) is 5.75 Å². The number of carbonyl (C=O) groups is 2. The zero-order valence-electron chi connectivity index (χ0n) is 17.7. The van der Waals surface area contributed by atoms with Crippen molar-refractivity contribution in [3.63, 3.8) is 0 Å². The molecule has 8 heteroatoms. The lowest BCUT2D eigenvalue weighted by Crippen LogP contribution is -2.37. The molecule has 5 nitrogen and oxygen atoms in total. The van der Waals surface area contributed by atoms with Crippen LogP contribution >= 0.6 is 0 Å². The molecule has 3 aromatic carbocycles. The van der Waals surface area contributed by atoms with Crippen LogP contribution in [-0.4, -0.2) is 22.8 Å². The van der Waals surface area contributed by atoms with Crippen molar-refractivity contribution in [3.05, 3.63) is 95.1 Å². The molecule has 0 aliphatic carbocycles. The molecule has 0 unspecified atom stereocenters. The SMILES string of the molecule is C[C@H]1Oc2ccc(NC(=O)c3ccccc3)cc2CN(Cc2cccc(C(F)(F)F)c2)C1=O. The zero-order valence-corrected chi connectivity index (χ0v) is 17.7. The van der Waals surface area contributed by atoms with Crippen LogP contribution in [0.2, 0.25) is 0 Å². The average Bonchev–Trinajstić information content (AvgIpc) is 2.90. The quantitative estimate of drug-likeness (QED) is 0.585. The molecule has 1 aliphatic rings. The number of hydrogen-bond donors (Lipinski definition) is 1. The van der Waals surface area contributed by atoms with Gasteiger partial charge in [0.25, 0.3) is 11.8 Å². The molecule has 0 spiro atoms. The summed E-state index contributed by atoms with van der Waals surface area (Å²) in [5.41, 5.74) is 1.26. The van der Waals surface area contributed by atoms with Gasteiger partial charge in [-0.2, -0.15) is 13.2 Å². The first-order valence-corrected chi connectivity index (χ1v) is 10.3. The Bertz CT molecular complexity index is 1180. The first kappa shape index (κ1) is 22.4. The standard InChI is InChI=1S/C25H21F3N2O3/c1-16-24(32)30(14-17-6-5-9-20(12-17)25(26,27)28)15-19-13-21(10-11-22(19)33-16)29-23(31)18-7-3-2-4-8-18/h2-13,16H,14-15H2,1H3,(H,29,31)/t16-/m1/s1. The normalized spacial score (nSPS) is 15.9. The molecule has 33 heavy (non-hydrogen) atoms. The third-order valence-corrected chi connectivity index (χ3v) is 5.31. The number of halogens is 3. The van der Waals surface area contributed by atoms with Crippen LogP contribution in [0.25, 0.3) is 0 Å². The zero-order chi connectivity index (χ0) is 23.6. The van der Waals surface area contributed by atoms with Crippen molar-refractivity contribution in [1.82, 2.24) is 4.90 Å². The van der Waals surface area contributed by atoms with Crippen molar-refractivity contribution >= 4 is 17.5 Å². The Morgan fingerprint density at radius 3 is 2.55 bits per heavy atom. The van der Waals surface area contributed by atoms with Crippen LogP contribution in [0.3, 0.4) is 0 Å². The monoisotopic (exact) mass is 454 g/mol. The largest absolute Gasteiger partial charge is 0.481 e. The summed E-state index contributed by atoms with van der Waals surface area (Å²) >= 11 is 0. The van der Waals surface area contributed by atoms with E-state index in [-0.39, 0.29) is 24.9 Å². The van der Waals surface area contributed by atoms with Gasteiger partial charge in [-0.3, -0.25) is 9.59 Å². The Kier molecular flexibility index (Phi) is 6.09. The fourth-order valence-corrected chi connectivity index (χ4v) is 3.67. The lowest BCUT2D eigenvalue weighted by atomic mass is 10.1. The number of carbonyl (C=O) groups excluding carboxylic acids is 2. The number of nitrogens with one attached hydrogen (secondary N) is 1. The van der Waals surface area contributed by atoms with Gasteiger partial charge >= 0.3 is 6.18 Å². The van der Waals surface area contributed by atoms with Crippen molar-refractivity contribution < 1.29 is 27.5 Å². The van der Waals surface area contributed by atoms with E-state index in [0.29, 0.717) is 28.1 Å². The van der Waals surface area contributed by atoms with Crippen LogP contribution in [-0.2, 0) is 24.1 Å². The molecule has 170 valence electrons. The summed E-state index contributed by atoms with van der Waals surface area (Å²) in [6, 6.07) is 18.7. The summed E-state index contributed by atoms with van der Waals surface area (Å²) in [5.74, 6) is -0.131. The lowest BCUT2D eigenvalue weighted by molar-refractivity contribution is -0.138. The smallest absolute Gasteiger partial charge is 0.416 e. The van der Waals surface area contributed by atoms with E-state index in [9.17, 15) is 22.8 Å². The second kappa shape index (κ2) is 8.97. The third-order valence-electron chi connectivity index (χ3n) is 5.31. The third kappa shape index (κ3) is 5.16. The average molecular weight is 454 g/mol. The van der Waals surface area contributed by atoms with Crippen LogP contribution in [0.1, 0.15) is 34.0 Å². The minimum atomic E-state index is -4.46. The molecule has 0 radical (unpaired) electrons. The molecule has 1 atom stereocenters. The maximum Gasteiger partial charge on any atom is 0.416 e. The van der Waals surface area contributed by atoms with E-state index in [1.54, 1.807) is 55.5 Å². The lowest BCUT2D eigenvalue weighted by Gasteiger charge is -2.22. The van der Waals surface area contributed by atoms with Gasteiger partial charge in [0.2, 0.25) is 0 Å². The number of ether oxygens (including phenoxy) is 1. The van der Waals surface area contributed by atoms with Crippen LogP contribution in [0.4, 0.5) is 18.9 Å². The molecule has 1 N–H and O–H groups in total. The predicted molar refractivity (Wildman–Crippen MR) is 117 cm³/mol. The van der Waals surface area contributed by atoms with Gasteiger partial charge in [0.15, 0.2) is 6.10 Å². The number of nitrogens with zero attached hydrogens (tertiary/aromatic N) is 1. The molecule has 2 amide bonds. The number of fused-ring (bicyclic) bond motifs is 1. The molecular weight excluding hydrogens is 433 g/mol. The van der Waals surface area contributed by atoms with Gasteiger partial charge in [0, 0.05) is 29.9 Å². The number of benzene rings is 3. The summed E-state index contributed by atoms with van der Waals surface area (Å²) in [4.78, 5) is 26.8. The Balaban J connectivity index is 1.57. The van der Waals surface area contributed by atoms with Crippen LogP contribution < -0.4 is 10.1 Å². The Morgan fingerprint density at radius 1 is 1.06 bits per heavy atom. The van der Waals surface area contributed by atoms with Gasteiger partial charge < -0.3 is 15.0 Å². The van der Waals surface area contributed by atoms with Crippen molar-refractivity contribution in [2.75, 3.05) is 5.32 Å². The second-order valence-electron chi connectivity index (χ2n) is 7.80. The van der Waals surface area contributed by atoms with Gasteiger partial charge in [-0.1, -0.05) is 30.3 Å². The van der Waals surface area contributed by atoms with E-state index in [2.05, 4.69) is 5.32 Å². The molecule has 4 rings (SSSR count). The molecule has 0 saturated heterocycles. The number of hydrogen-bond acceptors (Lipinski definition) is 3. The summed E-state index contributed by atoms with van der Waals surface area (Å²) in [7, 11) is 0. The minimum absolute atomic E-state index is 0.00348. The maximum absolute atomic E-state index is 13.1. The van der Waals surface area contributed by atoms with Crippen LogP contribution in [0, 0.1) is 0 Å². The first-order chi connectivity index (χ1) is 15.7. The van der Waals surface area contributed by atoms with E-state index in [1.165, 1.54) is 11.0 Å². The minimum Gasteiger partial charge on any atom is -0.481 e. The predicted octanol–water partition coefficient (Wildman–Crippen LogP) is 5.27. The number of rotatable bonds is 4. The number of alkyl halides is 3. The highest BCUT2D eigenvalue weighted by molar-refractivity contribution is 6.04. The molecule has 0 fully saturated rings. The Hall–Kier alpha value is -3.81. The number of anilines is 1. The van der Waals surface area contributed by atoms with Crippen molar-refractivity contribution in [1.29, 1.82) is 0 Å². The van der Waals surface area contributed by atoms with E-state index in [0.717, 1.165) is 12.1 Å². The highest BCUT2D eigenvalue weighted by Crippen LogP contribution is 2.32. The summed E-state index contributed by atoms with van der Waals surface area (Å²) in [6.45, 7) is 1.72. The molecular formula is C25H21F3N2O3. The molecule has 0 saturated carbocycles. The van der Waals surface area contributed by atoms with Crippen molar-refractivity contribution in [2.24, 2.45) is 0 Å². The van der Waals surface area contributed by atoms with Crippen LogP contribution in [0.15, 0.2) is 72.8 Å². The highest BCUT2D eigenvalue weighted by Gasteiger charge is 2.32. The van der Waals surface area contributed by atoms with E-state index in [4.69, 9.17) is 4.74 Å². The molecule has 3 aromatic rings. The summed E-state index contributed by atoms with van der Waals surface area (Å²) in [6.07, 6.45) is -5.27. The molecule has 1 heterocycles. The van der Waals surface area contributed by atoms with Crippen molar-refractivity contribution in [2.45, 2.75) is 32.3 Å². The van der Waals surface area contributed by atoms with Gasteiger partial charge in [-0.15, -0.1) is 0 Å². The fourth-order valence-electron chi connectivity index (χ4n) is 3.67. The van der Waals surface area contributed by atoms with Gasteiger partial charge in [0.1, 0.15) is 5.75 Å². The van der Waals surface area contributed by atoms with E-state index < -0.39 is 17.8 Å². The van der Waals surface area contributed by atoms with Gasteiger partial charge in [-0.05, 0) is 55.0 Å². The topological polar surface area (TPSA) is 58.6 Å². The first-order valence-electron chi connectivity index (χ1n) is 10.3. The highest BCUT2D eigenvalue weighted by atomic mass is 19.4. The van der Waals surface area contributed by atoms with Gasteiger partial charge in [-0.25, -0.2) is 0 Å². The second-order valence-corrected chi connectivity index (χ2v) is 7.80. The van der Waals surface area contributed by atoms with E-state index in [1.807, 2.05) is 6.07 Å². The van der Waals surface area contributed by atoms with Gasteiger partial charge in [0.05, 0.1) is 5.56 Å². The Labute approximate surface area is 188 Å². The molecule has 1 aliphatic heterocycles. The Morgan fingerprint density at radius 2 is 1.82 bits per heavy atom. The fraction of sp³-hybridized carbons (Fsp3) is 0.200. The molecule has 0 aromatic heterocycles. The van der Waals surface area contributed by atoms with E-state index >= 15 is 0 Å². The van der Waals surface area contributed by atoms with Crippen molar-refractivity contribution in [3.8, 4) is 5.75 Å². The number of amides is 2. The summed E-state index contributed by atoms with van der Waals surface area (Å²) in [5, 5.41) is 2.82.